The van der Waals surface area contributed by atoms with Gasteiger partial charge in [0, 0.05) is 38.1 Å². The molecule has 0 bridgehead atoms. The number of rotatable bonds is 4. The number of nitrogens with zero attached hydrogens (tertiary/aromatic N) is 3. The lowest BCUT2D eigenvalue weighted by molar-refractivity contribution is -0.125. The first-order chi connectivity index (χ1) is 12.0. The van der Waals surface area contributed by atoms with Crippen LogP contribution in [0, 0.1) is 5.92 Å². The molecule has 3 heterocycles. The van der Waals surface area contributed by atoms with Gasteiger partial charge in [-0.05, 0) is 24.3 Å². The summed E-state index contributed by atoms with van der Waals surface area (Å²) in [5, 5.41) is 4.97. The topological polar surface area (TPSA) is 76.3 Å². The minimum atomic E-state index is -0.355. The van der Waals surface area contributed by atoms with Gasteiger partial charge in [-0.3, -0.25) is 18.7 Å². The summed E-state index contributed by atoms with van der Waals surface area (Å²) in [7, 11) is 3.11. The van der Waals surface area contributed by atoms with E-state index >= 15 is 0 Å². The van der Waals surface area contributed by atoms with Crippen LogP contribution in [0.25, 0.3) is 0 Å². The van der Waals surface area contributed by atoms with E-state index < -0.39 is 0 Å². The third-order valence-corrected chi connectivity index (χ3v) is 5.51. The second kappa shape index (κ2) is 7.26. The van der Waals surface area contributed by atoms with Crippen molar-refractivity contribution in [1.82, 2.24) is 14.5 Å². The lowest BCUT2D eigenvalue weighted by Crippen LogP contribution is -2.46. The van der Waals surface area contributed by atoms with Crippen LogP contribution in [-0.2, 0) is 25.4 Å². The third kappa shape index (κ3) is 3.68. The maximum atomic E-state index is 12.5. The SMILES string of the molecule is Cn1c(N2CCC[C@@H](C(=O)NCc3cccs3)C2)cc(=O)n(C)c1=O. The molecule has 0 aliphatic carbocycles. The van der Waals surface area contributed by atoms with E-state index in [1.54, 1.807) is 18.4 Å². The molecule has 1 aliphatic rings. The lowest BCUT2D eigenvalue weighted by atomic mass is 9.97. The second-order valence-electron chi connectivity index (χ2n) is 6.32. The average Bonchev–Trinajstić information content (AvgIpc) is 3.14. The maximum absolute atomic E-state index is 12.5. The first kappa shape index (κ1) is 17.5. The standard InChI is InChI=1S/C17H22N4O3S/c1-19-14(9-15(22)20(2)17(19)24)21-7-3-5-12(11-21)16(23)18-10-13-6-4-8-25-13/h4,6,8-9,12H,3,5,7,10-11H2,1-2H3,(H,18,23)/t12-/m1/s1. The van der Waals surface area contributed by atoms with Crippen LogP contribution >= 0.6 is 11.3 Å². The Morgan fingerprint density at radius 1 is 1.32 bits per heavy atom. The Balaban J connectivity index is 1.72. The number of hydrogen-bond acceptors (Lipinski definition) is 5. The Bertz CT molecular complexity index is 869. The fourth-order valence-corrected chi connectivity index (χ4v) is 3.80. The molecule has 7 nitrogen and oxygen atoms in total. The molecule has 0 radical (unpaired) electrons. The van der Waals surface area contributed by atoms with Crippen molar-refractivity contribution in [2.45, 2.75) is 19.4 Å². The average molecular weight is 362 g/mol. The highest BCUT2D eigenvalue weighted by Crippen LogP contribution is 2.21. The van der Waals surface area contributed by atoms with Gasteiger partial charge in [0.15, 0.2) is 0 Å². The van der Waals surface area contributed by atoms with Crippen LogP contribution in [0.15, 0.2) is 33.2 Å². The summed E-state index contributed by atoms with van der Waals surface area (Å²) in [6, 6.07) is 5.42. The first-order valence-corrected chi connectivity index (χ1v) is 9.17. The van der Waals surface area contributed by atoms with Crippen molar-refractivity contribution in [2.75, 3.05) is 18.0 Å². The van der Waals surface area contributed by atoms with Crippen LogP contribution in [0.5, 0.6) is 0 Å². The van der Waals surface area contributed by atoms with E-state index in [4.69, 9.17) is 0 Å². The second-order valence-corrected chi connectivity index (χ2v) is 7.36. The van der Waals surface area contributed by atoms with Crippen molar-refractivity contribution in [1.29, 1.82) is 0 Å². The molecule has 25 heavy (non-hydrogen) atoms. The van der Waals surface area contributed by atoms with E-state index in [2.05, 4.69) is 5.32 Å². The van der Waals surface area contributed by atoms with Gasteiger partial charge in [0.1, 0.15) is 5.82 Å². The maximum Gasteiger partial charge on any atom is 0.332 e. The number of nitrogens with one attached hydrogen (secondary N) is 1. The molecule has 0 aromatic carbocycles. The van der Waals surface area contributed by atoms with E-state index in [0.29, 0.717) is 18.9 Å². The fraction of sp³-hybridized carbons (Fsp3) is 0.471. The summed E-state index contributed by atoms with van der Waals surface area (Å²) in [6.07, 6.45) is 1.66. The molecule has 0 saturated carbocycles. The normalized spacial score (nSPS) is 17.5. The lowest BCUT2D eigenvalue weighted by Gasteiger charge is -2.34. The predicted molar refractivity (Wildman–Crippen MR) is 98.0 cm³/mol. The number of amides is 1. The van der Waals surface area contributed by atoms with Crippen molar-refractivity contribution in [3.05, 3.63) is 49.3 Å². The smallest absolute Gasteiger partial charge is 0.332 e. The molecule has 134 valence electrons. The zero-order valence-corrected chi connectivity index (χ0v) is 15.2. The summed E-state index contributed by atoms with van der Waals surface area (Å²) in [6.45, 7) is 1.78. The predicted octanol–water partition coefficient (Wildman–Crippen LogP) is 0.678. The molecule has 8 heteroatoms. The summed E-state index contributed by atoms with van der Waals surface area (Å²) in [4.78, 5) is 39.6. The van der Waals surface area contributed by atoms with Gasteiger partial charge in [0.05, 0.1) is 12.5 Å². The van der Waals surface area contributed by atoms with Crippen LogP contribution in [0.4, 0.5) is 5.82 Å². The quantitative estimate of drug-likeness (QED) is 0.868. The number of anilines is 1. The van der Waals surface area contributed by atoms with Crippen molar-refractivity contribution in [3.8, 4) is 0 Å². The molecule has 2 aromatic heterocycles. The summed E-state index contributed by atoms with van der Waals surface area (Å²) in [5.74, 6) is 0.448. The van der Waals surface area contributed by atoms with Gasteiger partial charge in [-0.15, -0.1) is 11.3 Å². The van der Waals surface area contributed by atoms with Gasteiger partial charge in [-0.1, -0.05) is 6.07 Å². The summed E-state index contributed by atoms with van der Waals surface area (Å²) in [5.41, 5.74) is -0.686. The van der Waals surface area contributed by atoms with E-state index in [-0.39, 0.29) is 23.1 Å². The molecule has 1 atom stereocenters. The molecular weight excluding hydrogens is 340 g/mol. The third-order valence-electron chi connectivity index (χ3n) is 4.63. The van der Waals surface area contributed by atoms with Crippen LogP contribution in [0.1, 0.15) is 17.7 Å². The molecule has 1 fully saturated rings. The number of carbonyl (C=O) groups excluding carboxylic acids is 1. The Labute approximate surface area is 149 Å². The number of piperidine rings is 1. The largest absolute Gasteiger partial charge is 0.357 e. The fourth-order valence-electron chi connectivity index (χ4n) is 3.16. The van der Waals surface area contributed by atoms with Crippen molar-refractivity contribution < 1.29 is 4.79 Å². The van der Waals surface area contributed by atoms with E-state index in [0.717, 1.165) is 28.8 Å². The van der Waals surface area contributed by atoms with E-state index in [1.165, 1.54) is 17.7 Å². The molecule has 3 rings (SSSR count). The van der Waals surface area contributed by atoms with Gasteiger partial charge >= 0.3 is 5.69 Å². The van der Waals surface area contributed by atoms with Gasteiger partial charge in [-0.2, -0.15) is 0 Å². The zero-order valence-electron chi connectivity index (χ0n) is 14.4. The van der Waals surface area contributed by atoms with Gasteiger partial charge in [0.2, 0.25) is 5.91 Å². The van der Waals surface area contributed by atoms with Crippen molar-refractivity contribution in [3.63, 3.8) is 0 Å². The van der Waals surface area contributed by atoms with E-state index in [9.17, 15) is 14.4 Å². The minimum Gasteiger partial charge on any atom is -0.357 e. The van der Waals surface area contributed by atoms with Crippen LogP contribution in [-0.4, -0.2) is 28.1 Å². The molecule has 1 N–H and O–H groups in total. The molecular formula is C17H22N4O3S. The highest BCUT2D eigenvalue weighted by Gasteiger charge is 2.27. The molecule has 1 amide bonds. The first-order valence-electron chi connectivity index (χ1n) is 8.29. The Morgan fingerprint density at radius 3 is 2.84 bits per heavy atom. The number of thiophene rings is 1. The zero-order chi connectivity index (χ0) is 18.0. The highest BCUT2D eigenvalue weighted by molar-refractivity contribution is 7.09. The molecule has 0 spiro atoms. The van der Waals surface area contributed by atoms with Gasteiger partial charge < -0.3 is 10.2 Å². The Hall–Kier alpha value is -2.35. The number of carbonyl (C=O) groups is 1. The van der Waals surface area contributed by atoms with Crippen molar-refractivity contribution in [2.24, 2.45) is 20.0 Å². The van der Waals surface area contributed by atoms with Gasteiger partial charge in [0.25, 0.3) is 5.56 Å². The van der Waals surface area contributed by atoms with Crippen LogP contribution in [0.2, 0.25) is 0 Å². The summed E-state index contributed by atoms with van der Waals surface area (Å²) >= 11 is 1.62. The van der Waals surface area contributed by atoms with Gasteiger partial charge in [-0.25, -0.2) is 4.79 Å². The van der Waals surface area contributed by atoms with Crippen molar-refractivity contribution >= 4 is 23.1 Å². The highest BCUT2D eigenvalue weighted by atomic mass is 32.1. The van der Waals surface area contributed by atoms with Crippen LogP contribution < -0.4 is 21.5 Å². The summed E-state index contributed by atoms with van der Waals surface area (Å²) < 4.78 is 2.55. The molecule has 2 aromatic rings. The molecule has 0 unspecified atom stereocenters. The van der Waals surface area contributed by atoms with Crippen LogP contribution in [0.3, 0.4) is 0 Å². The Kier molecular flexibility index (Phi) is 5.08. The minimum absolute atomic E-state index is 0.0203. The number of hydrogen-bond donors (Lipinski definition) is 1. The molecule has 1 saturated heterocycles. The number of aromatic nitrogens is 2. The Morgan fingerprint density at radius 2 is 2.12 bits per heavy atom. The monoisotopic (exact) mass is 362 g/mol. The molecule has 1 aliphatic heterocycles. The van der Waals surface area contributed by atoms with E-state index in [1.807, 2.05) is 22.4 Å².